The minimum Gasteiger partial charge on any atom is -0.397 e. The van der Waals surface area contributed by atoms with Gasteiger partial charge in [0.15, 0.2) is 0 Å². The summed E-state index contributed by atoms with van der Waals surface area (Å²) in [4.78, 5) is 20.0. The topological polar surface area (TPSA) is 56.0 Å². The quantitative estimate of drug-likeness (QED) is 0.258. The Kier molecular flexibility index (Phi) is 5.63. The fourth-order valence-corrected chi connectivity index (χ4v) is 6.20. The van der Waals surface area contributed by atoms with Gasteiger partial charge in [0.1, 0.15) is 9.71 Å². The molecule has 0 radical (unpaired) electrons. The van der Waals surface area contributed by atoms with E-state index >= 15 is 0 Å². The molecule has 172 valence electrons. The van der Waals surface area contributed by atoms with Crippen LogP contribution < -0.4 is 5.73 Å². The number of benzene rings is 3. The van der Waals surface area contributed by atoms with Gasteiger partial charge in [-0.1, -0.05) is 78.3 Å². The summed E-state index contributed by atoms with van der Waals surface area (Å²) in [5, 5.41) is 1.59. The first kappa shape index (κ1) is 22.0. The molecule has 3 nitrogen and oxygen atoms in total. The van der Waals surface area contributed by atoms with E-state index in [1.807, 2.05) is 66.7 Å². The van der Waals surface area contributed by atoms with Crippen molar-refractivity contribution >= 4 is 44.6 Å². The molecular formula is C30H23ClN2OS. The average molecular weight is 495 g/mol. The number of aromatic nitrogens is 1. The Morgan fingerprint density at radius 2 is 1.49 bits per heavy atom. The summed E-state index contributed by atoms with van der Waals surface area (Å²) in [5.74, 6) is -0.0647. The van der Waals surface area contributed by atoms with Gasteiger partial charge in [0.25, 0.3) is 0 Å². The van der Waals surface area contributed by atoms with Crippen molar-refractivity contribution in [2.75, 3.05) is 5.73 Å². The number of halogens is 1. The summed E-state index contributed by atoms with van der Waals surface area (Å²) in [6.07, 6.45) is 4.18. The van der Waals surface area contributed by atoms with Crippen LogP contribution in [0.2, 0.25) is 5.02 Å². The Bertz CT molecular complexity index is 1560. The zero-order valence-electron chi connectivity index (χ0n) is 19.1. The lowest BCUT2D eigenvalue weighted by molar-refractivity contribution is 0.104. The van der Waals surface area contributed by atoms with E-state index < -0.39 is 0 Å². The third kappa shape index (κ3) is 3.93. The molecule has 0 bridgehead atoms. The van der Waals surface area contributed by atoms with Gasteiger partial charge >= 0.3 is 0 Å². The molecule has 35 heavy (non-hydrogen) atoms. The molecule has 0 fully saturated rings. The van der Waals surface area contributed by atoms with E-state index in [0.717, 1.165) is 63.8 Å². The number of rotatable bonds is 4. The molecule has 0 atom stereocenters. The second-order valence-corrected chi connectivity index (χ2v) is 10.4. The molecule has 0 unspecified atom stereocenters. The predicted molar refractivity (Wildman–Crippen MR) is 146 cm³/mol. The molecule has 3 aromatic carbocycles. The monoisotopic (exact) mass is 494 g/mol. The number of nitrogen functional groups attached to an aromatic ring is 1. The Balaban J connectivity index is 1.47. The van der Waals surface area contributed by atoms with Crippen molar-refractivity contribution in [1.29, 1.82) is 0 Å². The van der Waals surface area contributed by atoms with Crippen LogP contribution in [0.3, 0.4) is 0 Å². The maximum absolute atomic E-state index is 13.6. The van der Waals surface area contributed by atoms with E-state index in [1.165, 1.54) is 16.9 Å². The molecule has 2 N–H and O–H groups in total. The number of carbonyl (C=O) groups is 1. The van der Waals surface area contributed by atoms with Crippen molar-refractivity contribution in [3.8, 4) is 22.3 Å². The summed E-state index contributed by atoms with van der Waals surface area (Å²) in [6, 6.07) is 25.8. The summed E-state index contributed by atoms with van der Waals surface area (Å²) in [5.41, 5.74) is 14.6. The standard InChI is InChI=1S/C30H23ClN2OS/c31-22-16-14-20(15-17-22)25-23-8-4-5-9-24(23)33-30-26(25)27(32)29(35-30)28(34)21-12-10-19(11-13-21)18-6-2-1-3-7-18/h1-3,6-7,10-17H,4-5,8-9,32H2. The minimum atomic E-state index is -0.0647. The Morgan fingerprint density at radius 1 is 0.829 bits per heavy atom. The van der Waals surface area contributed by atoms with Crippen LogP contribution in [-0.2, 0) is 12.8 Å². The fourth-order valence-electron chi connectivity index (χ4n) is 4.99. The fraction of sp³-hybridized carbons (Fsp3) is 0.133. The van der Waals surface area contributed by atoms with Crippen molar-refractivity contribution in [3.05, 3.63) is 106 Å². The van der Waals surface area contributed by atoms with E-state index in [1.54, 1.807) is 0 Å². The summed E-state index contributed by atoms with van der Waals surface area (Å²) < 4.78 is 0. The van der Waals surface area contributed by atoms with Crippen LogP contribution in [0.1, 0.15) is 39.3 Å². The highest BCUT2D eigenvalue weighted by molar-refractivity contribution is 7.21. The predicted octanol–water partition coefficient (Wildman–Crippen LogP) is 7.98. The first-order chi connectivity index (χ1) is 17.1. The summed E-state index contributed by atoms with van der Waals surface area (Å²) in [6.45, 7) is 0. The highest BCUT2D eigenvalue weighted by atomic mass is 35.5. The summed E-state index contributed by atoms with van der Waals surface area (Å²) in [7, 11) is 0. The number of thiophene rings is 1. The third-order valence-corrected chi connectivity index (χ3v) is 8.10. The first-order valence-electron chi connectivity index (χ1n) is 11.8. The van der Waals surface area contributed by atoms with Gasteiger partial charge in [-0.15, -0.1) is 11.3 Å². The van der Waals surface area contributed by atoms with E-state index in [0.29, 0.717) is 21.2 Å². The lowest BCUT2D eigenvalue weighted by Crippen LogP contribution is -2.08. The van der Waals surface area contributed by atoms with Gasteiger partial charge in [0.2, 0.25) is 5.78 Å². The molecule has 2 aromatic heterocycles. The number of anilines is 1. The molecule has 5 aromatic rings. The van der Waals surface area contributed by atoms with Crippen molar-refractivity contribution in [2.45, 2.75) is 25.7 Å². The molecule has 1 aliphatic carbocycles. The number of nitrogens with zero attached hydrogens (tertiary/aromatic N) is 1. The SMILES string of the molecule is Nc1c(C(=O)c2ccc(-c3ccccc3)cc2)sc2nc3c(c(-c4ccc(Cl)cc4)c12)CCCC3. The zero-order chi connectivity index (χ0) is 23.9. The van der Waals surface area contributed by atoms with Crippen LogP contribution >= 0.6 is 22.9 Å². The van der Waals surface area contributed by atoms with E-state index in [9.17, 15) is 4.79 Å². The van der Waals surface area contributed by atoms with E-state index in [-0.39, 0.29) is 5.78 Å². The molecule has 1 aliphatic rings. The Labute approximate surface area is 213 Å². The average Bonchev–Trinajstić information content (AvgIpc) is 3.24. The molecule has 2 heterocycles. The second kappa shape index (κ2) is 8.95. The van der Waals surface area contributed by atoms with Crippen molar-refractivity contribution in [2.24, 2.45) is 0 Å². The molecule has 0 saturated heterocycles. The van der Waals surface area contributed by atoms with Gasteiger partial charge in [-0.25, -0.2) is 4.98 Å². The second-order valence-electron chi connectivity index (χ2n) is 8.92. The van der Waals surface area contributed by atoms with Crippen LogP contribution in [0.5, 0.6) is 0 Å². The van der Waals surface area contributed by atoms with Gasteiger partial charge < -0.3 is 5.73 Å². The van der Waals surface area contributed by atoms with Gasteiger partial charge in [-0.2, -0.15) is 0 Å². The number of ketones is 1. The highest BCUT2D eigenvalue weighted by Gasteiger charge is 2.26. The van der Waals surface area contributed by atoms with Crippen LogP contribution in [0.25, 0.3) is 32.5 Å². The number of hydrogen-bond acceptors (Lipinski definition) is 4. The summed E-state index contributed by atoms with van der Waals surface area (Å²) >= 11 is 7.58. The minimum absolute atomic E-state index is 0.0647. The molecule has 0 spiro atoms. The van der Waals surface area contributed by atoms with Crippen LogP contribution in [0.4, 0.5) is 5.69 Å². The number of nitrogens with two attached hydrogens (primary N) is 1. The third-order valence-electron chi connectivity index (χ3n) is 6.75. The largest absolute Gasteiger partial charge is 0.397 e. The van der Waals surface area contributed by atoms with Gasteiger partial charge in [0.05, 0.1) is 5.69 Å². The molecule has 0 aliphatic heterocycles. The molecule has 5 heteroatoms. The van der Waals surface area contributed by atoms with Gasteiger partial charge in [0, 0.05) is 21.7 Å². The van der Waals surface area contributed by atoms with Crippen LogP contribution in [0, 0.1) is 0 Å². The number of fused-ring (bicyclic) bond motifs is 2. The Hall–Kier alpha value is -3.47. The number of aryl methyl sites for hydroxylation is 1. The van der Waals surface area contributed by atoms with Gasteiger partial charge in [-0.3, -0.25) is 4.79 Å². The van der Waals surface area contributed by atoms with E-state index in [2.05, 4.69) is 12.1 Å². The lowest BCUT2D eigenvalue weighted by atomic mass is 9.87. The molecular weight excluding hydrogens is 472 g/mol. The lowest BCUT2D eigenvalue weighted by Gasteiger charge is -2.20. The molecule has 0 saturated carbocycles. The first-order valence-corrected chi connectivity index (χ1v) is 13.0. The zero-order valence-corrected chi connectivity index (χ0v) is 20.6. The highest BCUT2D eigenvalue weighted by Crippen LogP contribution is 2.44. The molecule has 6 rings (SSSR count). The maximum Gasteiger partial charge on any atom is 0.205 e. The number of carbonyl (C=O) groups excluding carboxylic acids is 1. The van der Waals surface area contributed by atoms with Gasteiger partial charge in [-0.05, 0) is 65.6 Å². The molecule has 0 amide bonds. The van der Waals surface area contributed by atoms with Crippen molar-refractivity contribution < 1.29 is 4.79 Å². The van der Waals surface area contributed by atoms with Crippen molar-refractivity contribution in [3.63, 3.8) is 0 Å². The maximum atomic E-state index is 13.6. The number of pyridine rings is 1. The normalized spacial score (nSPS) is 13.1. The van der Waals surface area contributed by atoms with E-state index in [4.69, 9.17) is 22.3 Å². The van der Waals surface area contributed by atoms with Crippen LogP contribution in [-0.4, -0.2) is 10.8 Å². The van der Waals surface area contributed by atoms with Crippen molar-refractivity contribution in [1.82, 2.24) is 4.98 Å². The Morgan fingerprint density at radius 3 is 2.23 bits per heavy atom. The van der Waals surface area contributed by atoms with Crippen LogP contribution in [0.15, 0.2) is 78.9 Å². The number of hydrogen-bond donors (Lipinski definition) is 1. The smallest absolute Gasteiger partial charge is 0.205 e.